The molecule has 8 nitrogen and oxygen atoms in total. The number of nitrogens with one attached hydrogen (secondary N) is 1. The molecule has 1 unspecified atom stereocenters. The van der Waals surface area contributed by atoms with Gasteiger partial charge in [0.15, 0.2) is 5.96 Å². The minimum absolute atomic E-state index is 0.139. The Morgan fingerprint density at radius 2 is 2.03 bits per heavy atom. The molecule has 4 rings (SSSR count). The number of aromatic nitrogens is 1. The molecule has 1 N–H and O–H groups in total. The van der Waals surface area contributed by atoms with Crippen molar-refractivity contribution in [1.82, 2.24) is 20.1 Å². The number of carbonyl (C=O) groups excluding carboxylic acids is 1. The lowest BCUT2D eigenvalue weighted by molar-refractivity contribution is -0.142. The molecule has 0 radical (unpaired) electrons. The molecule has 158 valence electrons. The van der Waals surface area contributed by atoms with Crippen LogP contribution in [0.15, 0.2) is 23.3 Å². The van der Waals surface area contributed by atoms with E-state index >= 15 is 0 Å². The van der Waals surface area contributed by atoms with Crippen LogP contribution in [0.3, 0.4) is 0 Å². The molecule has 3 fully saturated rings. The zero-order valence-corrected chi connectivity index (χ0v) is 17.2. The van der Waals surface area contributed by atoms with Gasteiger partial charge in [-0.15, -0.1) is 0 Å². The number of guanidine groups is 1. The monoisotopic (exact) mass is 401 g/mol. The Bertz CT molecular complexity index is 706. The fraction of sp³-hybridized carbons (Fsp3) is 0.667. The Balaban J connectivity index is 1.21. The zero-order chi connectivity index (χ0) is 20.1. The van der Waals surface area contributed by atoms with E-state index in [0.29, 0.717) is 32.1 Å². The van der Waals surface area contributed by atoms with E-state index in [1.165, 1.54) is 12.8 Å². The Kier molecular flexibility index (Phi) is 6.49. The Hall–Kier alpha value is -2.35. The van der Waals surface area contributed by atoms with E-state index < -0.39 is 0 Å². The third-order valence-corrected chi connectivity index (χ3v) is 5.72. The first kappa shape index (κ1) is 19.9. The maximum atomic E-state index is 12.5. The molecule has 0 spiro atoms. The van der Waals surface area contributed by atoms with Gasteiger partial charge in [0.2, 0.25) is 5.88 Å². The standard InChI is InChI=1S/C21H31N5O3/c1-22-21(24-14-17-6-7-19(23-13-17)29-15-16-4-5-16)26-10-8-25(9-11-26)20(27)18-3-2-12-28-18/h6-7,13,16,18H,2-5,8-12,14-15H2,1H3,(H,22,24). The molecule has 1 saturated carbocycles. The molecule has 8 heteroatoms. The molecule has 29 heavy (non-hydrogen) atoms. The molecule has 1 aromatic rings. The number of carbonyl (C=O) groups is 1. The van der Waals surface area contributed by atoms with Crippen molar-refractivity contribution in [1.29, 1.82) is 0 Å². The van der Waals surface area contributed by atoms with E-state index in [1.807, 2.05) is 23.2 Å². The summed E-state index contributed by atoms with van der Waals surface area (Å²) in [5.41, 5.74) is 1.08. The third-order valence-electron chi connectivity index (χ3n) is 5.72. The maximum absolute atomic E-state index is 12.5. The number of ether oxygens (including phenoxy) is 2. The number of piperazine rings is 1. The summed E-state index contributed by atoms with van der Waals surface area (Å²) >= 11 is 0. The Morgan fingerprint density at radius 1 is 1.24 bits per heavy atom. The van der Waals surface area contributed by atoms with Crippen molar-refractivity contribution in [3.05, 3.63) is 23.9 Å². The van der Waals surface area contributed by atoms with Gasteiger partial charge in [0.05, 0.1) is 6.61 Å². The van der Waals surface area contributed by atoms with Crippen LogP contribution in [-0.2, 0) is 16.1 Å². The number of hydrogen-bond donors (Lipinski definition) is 1. The predicted octanol–water partition coefficient (Wildman–Crippen LogP) is 1.27. The second-order valence-corrected chi connectivity index (χ2v) is 7.97. The smallest absolute Gasteiger partial charge is 0.251 e. The molecule has 1 atom stereocenters. The maximum Gasteiger partial charge on any atom is 0.251 e. The minimum atomic E-state index is -0.234. The second-order valence-electron chi connectivity index (χ2n) is 7.97. The van der Waals surface area contributed by atoms with Crippen molar-refractivity contribution in [2.24, 2.45) is 10.9 Å². The fourth-order valence-electron chi connectivity index (χ4n) is 3.72. The van der Waals surface area contributed by atoms with Gasteiger partial charge in [0, 0.05) is 58.6 Å². The molecule has 3 aliphatic rings. The first-order chi connectivity index (χ1) is 14.2. The van der Waals surface area contributed by atoms with Crippen LogP contribution in [-0.4, -0.2) is 79.2 Å². The lowest BCUT2D eigenvalue weighted by atomic mass is 10.2. The van der Waals surface area contributed by atoms with Crippen LogP contribution in [0.5, 0.6) is 5.88 Å². The van der Waals surface area contributed by atoms with E-state index in [-0.39, 0.29) is 12.0 Å². The molecule has 0 bridgehead atoms. The summed E-state index contributed by atoms with van der Waals surface area (Å²) in [4.78, 5) is 25.4. The van der Waals surface area contributed by atoms with Crippen LogP contribution in [0.2, 0.25) is 0 Å². The fourth-order valence-corrected chi connectivity index (χ4v) is 3.72. The van der Waals surface area contributed by atoms with E-state index in [2.05, 4.69) is 20.2 Å². The molecule has 1 amide bonds. The van der Waals surface area contributed by atoms with Crippen molar-refractivity contribution in [3.63, 3.8) is 0 Å². The van der Waals surface area contributed by atoms with Crippen LogP contribution in [0.25, 0.3) is 0 Å². The van der Waals surface area contributed by atoms with Gasteiger partial charge in [-0.05, 0) is 37.2 Å². The van der Waals surface area contributed by atoms with Crippen LogP contribution < -0.4 is 10.1 Å². The highest BCUT2D eigenvalue weighted by atomic mass is 16.5. The zero-order valence-electron chi connectivity index (χ0n) is 17.2. The summed E-state index contributed by atoms with van der Waals surface area (Å²) in [6.45, 7) is 5.07. The van der Waals surface area contributed by atoms with Crippen molar-refractivity contribution >= 4 is 11.9 Å². The van der Waals surface area contributed by atoms with Crippen molar-refractivity contribution in [2.75, 3.05) is 46.4 Å². The molecular formula is C21H31N5O3. The van der Waals surface area contributed by atoms with Crippen LogP contribution >= 0.6 is 0 Å². The quantitative estimate of drug-likeness (QED) is 0.571. The molecule has 2 aliphatic heterocycles. The van der Waals surface area contributed by atoms with Crippen molar-refractivity contribution in [3.8, 4) is 5.88 Å². The normalized spacial score (nSPS) is 22.7. The highest BCUT2D eigenvalue weighted by molar-refractivity contribution is 5.82. The van der Waals surface area contributed by atoms with Crippen LogP contribution in [0, 0.1) is 5.92 Å². The summed E-state index contributed by atoms with van der Waals surface area (Å²) in [7, 11) is 1.79. The van der Waals surface area contributed by atoms with E-state index in [1.54, 1.807) is 7.05 Å². The van der Waals surface area contributed by atoms with Gasteiger partial charge in [0.25, 0.3) is 5.91 Å². The highest BCUT2D eigenvalue weighted by Crippen LogP contribution is 2.29. The lowest BCUT2D eigenvalue weighted by Gasteiger charge is -2.37. The lowest BCUT2D eigenvalue weighted by Crippen LogP contribution is -2.55. The van der Waals surface area contributed by atoms with Gasteiger partial charge < -0.3 is 24.6 Å². The van der Waals surface area contributed by atoms with E-state index in [9.17, 15) is 4.79 Å². The van der Waals surface area contributed by atoms with Gasteiger partial charge in [-0.3, -0.25) is 9.79 Å². The molecule has 1 aliphatic carbocycles. The highest BCUT2D eigenvalue weighted by Gasteiger charge is 2.30. The summed E-state index contributed by atoms with van der Waals surface area (Å²) in [5, 5.41) is 3.40. The summed E-state index contributed by atoms with van der Waals surface area (Å²) in [6, 6.07) is 3.96. The molecular weight excluding hydrogens is 370 g/mol. The summed E-state index contributed by atoms with van der Waals surface area (Å²) in [6.07, 6.45) is 6.00. The molecule has 1 aromatic heterocycles. The SMILES string of the molecule is CN=C(NCc1ccc(OCC2CC2)nc1)N1CCN(C(=O)C2CCCO2)CC1. The van der Waals surface area contributed by atoms with Crippen LogP contribution in [0.1, 0.15) is 31.2 Å². The van der Waals surface area contributed by atoms with Gasteiger partial charge in [-0.2, -0.15) is 0 Å². The predicted molar refractivity (Wildman–Crippen MR) is 110 cm³/mol. The van der Waals surface area contributed by atoms with Gasteiger partial charge in [0.1, 0.15) is 6.10 Å². The number of hydrogen-bond acceptors (Lipinski definition) is 5. The largest absolute Gasteiger partial charge is 0.477 e. The van der Waals surface area contributed by atoms with Crippen molar-refractivity contribution in [2.45, 2.75) is 38.3 Å². The van der Waals surface area contributed by atoms with Gasteiger partial charge in [-0.25, -0.2) is 4.98 Å². The summed E-state index contributed by atoms with van der Waals surface area (Å²) < 4.78 is 11.2. The second kappa shape index (κ2) is 9.43. The van der Waals surface area contributed by atoms with Crippen LogP contribution in [0.4, 0.5) is 0 Å². The molecule has 3 heterocycles. The average molecular weight is 402 g/mol. The number of rotatable bonds is 6. The van der Waals surface area contributed by atoms with E-state index in [4.69, 9.17) is 9.47 Å². The first-order valence-electron chi connectivity index (χ1n) is 10.7. The number of amides is 1. The first-order valence-corrected chi connectivity index (χ1v) is 10.7. The van der Waals surface area contributed by atoms with Gasteiger partial charge in [-0.1, -0.05) is 6.07 Å². The number of pyridine rings is 1. The third kappa shape index (κ3) is 5.38. The molecule has 2 saturated heterocycles. The van der Waals surface area contributed by atoms with E-state index in [0.717, 1.165) is 50.0 Å². The van der Waals surface area contributed by atoms with Crippen molar-refractivity contribution < 1.29 is 14.3 Å². The summed E-state index contributed by atoms with van der Waals surface area (Å²) in [5.74, 6) is 2.41. The number of aliphatic imine (C=N–C) groups is 1. The molecule has 0 aromatic carbocycles. The Morgan fingerprint density at radius 3 is 2.66 bits per heavy atom. The average Bonchev–Trinajstić information content (AvgIpc) is 3.44. The minimum Gasteiger partial charge on any atom is -0.477 e. The number of nitrogens with zero attached hydrogens (tertiary/aromatic N) is 4. The topological polar surface area (TPSA) is 79.3 Å². The Labute approximate surface area is 172 Å². The van der Waals surface area contributed by atoms with Gasteiger partial charge >= 0.3 is 0 Å².